The molecule has 0 spiro atoms. The van der Waals surface area contributed by atoms with Gasteiger partial charge in [-0.15, -0.1) is 0 Å². The molecule has 0 bridgehead atoms. The van der Waals surface area contributed by atoms with E-state index in [0.717, 1.165) is 0 Å². The number of nitrogens with zero attached hydrogens (tertiary/aromatic N) is 1. The van der Waals surface area contributed by atoms with Gasteiger partial charge in [-0.05, 0) is 12.1 Å². The maximum atomic E-state index is 5.56. The Bertz CT molecular complexity index is 344. The Morgan fingerprint density at radius 1 is 1.06 bits per heavy atom. The second kappa shape index (κ2) is 5.11. The minimum atomic E-state index is -1.34. The second-order valence-corrected chi connectivity index (χ2v) is 2.96. The lowest BCUT2D eigenvalue weighted by atomic mass is 10.2. The van der Waals surface area contributed by atoms with Crippen molar-refractivity contribution >= 4 is 5.82 Å². The average Bonchev–Trinajstić information content (AvgIpc) is 2.33. The van der Waals surface area contributed by atoms with E-state index in [2.05, 4.69) is 4.98 Å². The van der Waals surface area contributed by atoms with E-state index in [4.69, 9.17) is 24.7 Å². The molecule has 2 N–H and O–H groups in total. The summed E-state index contributed by atoms with van der Waals surface area (Å²) in [7, 11) is 5.87. The third kappa shape index (κ3) is 2.08. The van der Waals surface area contributed by atoms with Crippen LogP contribution in [-0.2, 0) is 20.2 Å². The molecule has 0 amide bonds. The highest BCUT2D eigenvalue weighted by Crippen LogP contribution is 2.33. The second-order valence-electron chi connectivity index (χ2n) is 2.96. The molecule has 1 aromatic heterocycles. The predicted molar refractivity (Wildman–Crippen MR) is 57.9 cm³/mol. The zero-order chi connectivity index (χ0) is 12.2. The van der Waals surface area contributed by atoms with Gasteiger partial charge in [0.1, 0.15) is 11.4 Å². The summed E-state index contributed by atoms with van der Waals surface area (Å²) < 4.78 is 20.7. The molecule has 0 fully saturated rings. The Morgan fingerprint density at radius 3 is 2.06 bits per heavy atom. The molecule has 1 heterocycles. The molecule has 6 heteroatoms. The smallest absolute Gasteiger partial charge is 0.316 e. The normalized spacial score (nSPS) is 11.5. The number of rotatable bonds is 5. The average molecular weight is 228 g/mol. The van der Waals surface area contributed by atoms with Crippen LogP contribution in [0.3, 0.4) is 0 Å². The number of hydrogen-bond donors (Lipinski definition) is 1. The zero-order valence-electron chi connectivity index (χ0n) is 9.81. The van der Waals surface area contributed by atoms with Gasteiger partial charge in [-0.1, -0.05) is 0 Å². The van der Waals surface area contributed by atoms with Crippen molar-refractivity contribution in [3.63, 3.8) is 0 Å². The quantitative estimate of drug-likeness (QED) is 0.748. The SMILES string of the molecule is COc1nc(N)ccc1C(OC)(OC)OC. The summed E-state index contributed by atoms with van der Waals surface area (Å²) in [5.74, 6) is -0.699. The van der Waals surface area contributed by atoms with Crippen LogP contribution in [0.25, 0.3) is 0 Å². The molecule has 16 heavy (non-hydrogen) atoms. The maximum Gasteiger partial charge on any atom is 0.316 e. The predicted octanol–water partition coefficient (Wildman–Crippen LogP) is 0.722. The van der Waals surface area contributed by atoms with E-state index in [1.165, 1.54) is 28.4 Å². The van der Waals surface area contributed by atoms with Crippen LogP contribution in [-0.4, -0.2) is 33.4 Å². The summed E-state index contributed by atoms with van der Waals surface area (Å²) in [5, 5.41) is 0. The van der Waals surface area contributed by atoms with Crippen molar-refractivity contribution in [2.75, 3.05) is 34.2 Å². The van der Waals surface area contributed by atoms with Gasteiger partial charge >= 0.3 is 5.97 Å². The molecule has 90 valence electrons. The molecule has 0 aromatic carbocycles. The van der Waals surface area contributed by atoms with Crippen LogP contribution in [0.4, 0.5) is 5.82 Å². The third-order valence-electron chi connectivity index (χ3n) is 2.21. The van der Waals surface area contributed by atoms with E-state index >= 15 is 0 Å². The first kappa shape index (κ1) is 12.7. The molecule has 0 saturated heterocycles. The van der Waals surface area contributed by atoms with E-state index in [9.17, 15) is 0 Å². The number of ether oxygens (including phenoxy) is 4. The van der Waals surface area contributed by atoms with Gasteiger partial charge < -0.3 is 24.7 Å². The lowest BCUT2D eigenvalue weighted by Crippen LogP contribution is -2.33. The molecule has 1 aromatic rings. The van der Waals surface area contributed by atoms with E-state index < -0.39 is 5.97 Å². The van der Waals surface area contributed by atoms with Crippen molar-refractivity contribution in [1.29, 1.82) is 0 Å². The molecule has 0 aliphatic carbocycles. The van der Waals surface area contributed by atoms with Gasteiger partial charge in [0.15, 0.2) is 0 Å². The van der Waals surface area contributed by atoms with Crippen LogP contribution < -0.4 is 10.5 Å². The molecule has 0 atom stereocenters. The van der Waals surface area contributed by atoms with Crippen molar-refractivity contribution in [3.8, 4) is 5.88 Å². The van der Waals surface area contributed by atoms with Crippen LogP contribution in [0.5, 0.6) is 5.88 Å². The number of aromatic nitrogens is 1. The first-order valence-electron chi connectivity index (χ1n) is 4.60. The largest absolute Gasteiger partial charge is 0.481 e. The van der Waals surface area contributed by atoms with Crippen LogP contribution in [0, 0.1) is 0 Å². The van der Waals surface area contributed by atoms with Crippen molar-refractivity contribution in [2.45, 2.75) is 5.97 Å². The molecular weight excluding hydrogens is 212 g/mol. The van der Waals surface area contributed by atoms with Gasteiger partial charge in [0.05, 0.1) is 7.11 Å². The lowest BCUT2D eigenvalue weighted by Gasteiger charge is -2.29. The van der Waals surface area contributed by atoms with Crippen molar-refractivity contribution in [2.24, 2.45) is 0 Å². The molecule has 0 saturated carbocycles. The first-order chi connectivity index (χ1) is 7.63. The van der Waals surface area contributed by atoms with Gasteiger partial charge in [-0.3, -0.25) is 0 Å². The Balaban J connectivity index is 3.28. The fourth-order valence-corrected chi connectivity index (χ4v) is 1.42. The molecule has 6 nitrogen and oxygen atoms in total. The number of anilines is 1. The highest BCUT2D eigenvalue weighted by Gasteiger charge is 2.36. The molecular formula is C10H16N2O4. The molecule has 0 aliphatic rings. The van der Waals surface area contributed by atoms with Gasteiger partial charge in [0.25, 0.3) is 0 Å². The minimum Gasteiger partial charge on any atom is -0.481 e. The first-order valence-corrected chi connectivity index (χ1v) is 4.60. The fourth-order valence-electron chi connectivity index (χ4n) is 1.42. The van der Waals surface area contributed by atoms with Crippen molar-refractivity contribution < 1.29 is 18.9 Å². The molecule has 0 radical (unpaired) electrons. The number of nitrogens with two attached hydrogens (primary N) is 1. The van der Waals surface area contributed by atoms with Crippen molar-refractivity contribution in [3.05, 3.63) is 17.7 Å². The summed E-state index contributed by atoms with van der Waals surface area (Å²) in [6, 6.07) is 3.29. The van der Waals surface area contributed by atoms with E-state index in [1.54, 1.807) is 12.1 Å². The molecule has 1 rings (SSSR count). The van der Waals surface area contributed by atoms with Crippen LogP contribution in [0.15, 0.2) is 12.1 Å². The Labute approximate surface area is 94.3 Å². The van der Waals surface area contributed by atoms with Crippen LogP contribution in [0.2, 0.25) is 0 Å². The van der Waals surface area contributed by atoms with Gasteiger partial charge in [0, 0.05) is 21.3 Å². The number of pyridine rings is 1. The number of hydrogen-bond acceptors (Lipinski definition) is 6. The highest BCUT2D eigenvalue weighted by atomic mass is 16.9. The third-order valence-corrected chi connectivity index (χ3v) is 2.21. The Morgan fingerprint density at radius 2 is 1.62 bits per heavy atom. The van der Waals surface area contributed by atoms with E-state index in [1.807, 2.05) is 0 Å². The Hall–Kier alpha value is -1.37. The number of nitrogen functional groups attached to an aromatic ring is 1. The van der Waals surface area contributed by atoms with Gasteiger partial charge in [-0.2, -0.15) is 4.98 Å². The van der Waals surface area contributed by atoms with Crippen molar-refractivity contribution in [1.82, 2.24) is 4.98 Å². The monoisotopic (exact) mass is 228 g/mol. The Kier molecular flexibility index (Phi) is 4.05. The summed E-state index contributed by atoms with van der Waals surface area (Å²) in [6.45, 7) is 0. The number of methoxy groups -OCH3 is 4. The van der Waals surface area contributed by atoms with Crippen LogP contribution >= 0.6 is 0 Å². The standard InChI is InChI=1S/C10H16N2O4/c1-13-9-7(5-6-8(11)12-9)10(14-2,15-3)16-4/h5-6H,1-4H3,(H2,11,12). The van der Waals surface area contributed by atoms with Crippen LogP contribution in [0.1, 0.15) is 5.56 Å². The lowest BCUT2D eigenvalue weighted by molar-refractivity contribution is -0.365. The van der Waals surface area contributed by atoms with E-state index in [-0.39, 0.29) is 0 Å². The molecule has 0 aliphatic heterocycles. The highest BCUT2D eigenvalue weighted by molar-refractivity contribution is 5.39. The van der Waals surface area contributed by atoms with Gasteiger partial charge in [0.2, 0.25) is 5.88 Å². The zero-order valence-corrected chi connectivity index (χ0v) is 9.81. The summed E-state index contributed by atoms with van der Waals surface area (Å²) in [6.07, 6.45) is 0. The minimum absolute atomic E-state index is 0.297. The summed E-state index contributed by atoms with van der Waals surface area (Å²) >= 11 is 0. The summed E-state index contributed by atoms with van der Waals surface area (Å²) in [5.41, 5.74) is 6.07. The fraction of sp³-hybridized carbons (Fsp3) is 0.500. The molecule has 0 unspecified atom stereocenters. The maximum absolute atomic E-state index is 5.56. The van der Waals surface area contributed by atoms with Gasteiger partial charge in [-0.25, -0.2) is 0 Å². The van der Waals surface area contributed by atoms with E-state index in [0.29, 0.717) is 17.3 Å². The summed E-state index contributed by atoms with van der Waals surface area (Å²) in [4.78, 5) is 4.02. The topological polar surface area (TPSA) is 75.8 Å².